The Morgan fingerprint density at radius 1 is 1.47 bits per heavy atom. The molecule has 0 fully saturated rings. The van der Waals surface area contributed by atoms with Crippen LogP contribution in [0.3, 0.4) is 0 Å². The van der Waals surface area contributed by atoms with Crippen LogP contribution in [0.15, 0.2) is 29.8 Å². The molecule has 19 heavy (non-hydrogen) atoms. The lowest BCUT2D eigenvalue weighted by Gasteiger charge is -2.40. The molecular formula is C17H24O2. The number of hydrogen-bond acceptors (Lipinski definition) is 2. The van der Waals surface area contributed by atoms with E-state index in [2.05, 4.69) is 39.0 Å². The first-order valence-corrected chi connectivity index (χ1v) is 7.01. The van der Waals surface area contributed by atoms with E-state index >= 15 is 0 Å². The highest BCUT2D eigenvalue weighted by molar-refractivity contribution is 5.40. The number of ether oxygens (including phenoxy) is 1. The fourth-order valence-electron chi connectivity index (χ4n) is 2.58. The average molecular weight is 260 g/mol. The molecule has 1 N–H and O–H groups in total. The van der Waals surface area contributed by atoms with Crippen molar-refractivity contribution in [2.75, 3.05) is 0 Å². The Balaban J connectivity index is 2.15. The predicted octanol–water partition coefficient (Wildman–Crippen LogP) is 3.80. The van der Waals surface area contributed by atoms with Gasteiger partial charge in [-0.2, -0.15) is 0 Å². The summed E-state index contributed by atoms with van der Waals surface area (Å²) in [4.78, 5) is 0. The van der Waals surface area contributed by atoms with Crippen LogP contribution in [0.4, 0.5) is 0 Å². The predicted molar refractivity (Wildman–Crippen MR) is 78.6 cm³/mol. The Morgan fingerprint density at radius 2 is 2.21 bits per heavy atom. The monoisotopic (exact) mass is 260 g/mol. The van der Waals surface area contributed by atoms with Crippen LogP contribution in [0.2, 0.25) is 0 Å². The first-order valence-electron chi connectivity index (χ1n) is 7.01. The second kappa shape index (κ2) is 5.38. The van der Waals surface area contributed by atoms with Crippen LogP contribution < -0.4 is 4.74 Å². The number of allylic oxidation sites excluding steroid dienone is 2. The molecule has 2 heteroatoms. The molecule has 2 rings (SSSR count). The lowest BCUT2D eigenvalue weighted by atomic mass is 9.85. The Hall–Kier alpha value is -1.28. The quantitative estimate of drug-likeness (QED) is 0.838. The zero-order valence-corrected chi connectivity index (χ0v) is 12.4. The van der Waals surface area contributed by atoms with E-state index in [1.54, 1.807) is 0 Å². The summed E-state index contributed by atoms with van der Waals surface area (Å²) in [5.41, 5.74) is 3.16. The molecule has 0 saturated heterocycles. The lowest BCUT2D eigenvalue weighted by Crippen LogP contribution is -2.48. The van der Waals surface area contributed by atoms with Crippen molar-refractivity contribution in [2.24, 2.45) is 0 Å². The number of benzene rings is 1. The average Bonchev–Trinajstić information content (AvgIpc) is 2.31. The Morgan fingerprint density at radius 3 is 2.89 bits per heavy atom. The lowest BCUT2D eigenvalue weighted by molar-refractivity contribution is -0.0587. The van der Waals surface area contributed by atoms with E-state index in [1.165, 1.54) is 11.1 Å². The van der Waals surface area contributed by atoms with Gasteiger partial charge in [-0.15, -0.1) is 0 Å². The van der Waals surface area contributed by atoms with E-state index in [0.717, 1.165) is 24.2 Å². The highest BCUT2D eigenvalue weighted by Crippen LogP contribution is 2.36. The molecule has 1 aliphatic heterocycles. The summed E-state index contributed by atoms with van der Waals surface area (Å²) in [6, 6.07) is 6.19. The zero-order valence-electron chi connectivity index (χ0n) is 12.4. The van der Waals surface area contributed by atoms with Gasteiger partial charge in [-0.25, -0.2) is 0 Å². The SMILES string of the molecule is CC(C)=CCC[C@]1(C)Oc2ccc(C)cc2C[C@H]1O. The highest BCUT2D eigenvalue weighted by atomic mass is 16.5. The second-order valence-electron chi connectivity index (χ2n) is 6.07. The Bertz CT molecular complexity index is 486. The van der Waals surface area contributed by atoms with Gasteiger partial charge in [0.15, 0.2) is 0 Å². The van der Waals surface area contributed by atoms with Crippen LogP contribution in [0.1, 0.15) is 44.7 Å². The first-order chi connectivity index (χ1) is 8.90. The smallest absolute Gasteiger partial charge is 0.133 e. The topological polar surface area (TPSA) is 29.5 Å². The van der Waals surface area contributed by atoms with Crippen molar-refractivity contribution >= 4 is 0 Å². The summed E-state index contributed by atoms with van der Waals surface area (Å²) in [5, 5.41) is 10.4. The number of rotatable bonds is 3. The van der Waals surface area contributed by atoms with Crippen molar-refractivity contribution in [3.63, 3.8) is 0 Å². The van der Waals surface area contributed by atoms with Crippen molar-refractivity contribution < 1.29 is 9.84 Å². The maximum Gasteiger partial charge on any atom is 0.133 e. The standard InChI is InChI=1S/C17H24O2/c1-12(2)6-5-9-17(4)16(18)11-14-10-13(3)7-8-15(14)19-17/h6-8,10,16,18H,5,9,11H2,1-4H3/t16-,17+/m1/s1. The molecule has 0 radical (unpaired) electrons. The van der Waals surface area contributed by atoms with E-state index in [0.29, 0.717) is 6.42 Å². The highest BCUT2D eigenvalue weighted by Gasteiger charge is 2.39. The minimum atomic E-state index is -0.478. The molecule has 0 spiro atoms. The van der Waals surface area contributed by atoms with Gasteiger partial charge in [-0.3, -0.25) is 0 Å². The van der Waals surface area contributed by atoms with Crippen LogP contribution in [0.5, 0.6) is 5.75 Å². The summed E-state index contributed by atoms with van der Waals surface area (Å²) in [7, 11) is 0. The second-order valence-corrected chi connectivity index (χ2v) is 6.07. The van der Waals surface area contributed by atoms with Crippen LogP contribution >= 0.6 is 0 Å². The van der Waals surface area contributed by atoms with Gasteiger partial charge in [-0.1, -0.05) is 29.3 Å². The first kappa shape index (κ1) is 14.1. The van der Waals surface area contributed by atoms with Crippen molar-refractivity contribution in [1.29, 1.82) is 0 Å². The molecule has 0 amide bonds. The molecule has 2 nitrogen and oxygen atoms in total. The normalized spacial score (nSPS) is 25.4. The van der Waals surface area contributed by atoms with E-state index in [4.69, 9.17) is 4.74 Å². The molecule has 0 saturated carbocycles. The van der Waals surface area contributed by atoms with Crippen LogP contribution in [0.25, 0.3) is 0 Å². The van der Waals surface area contributed by atoms with Gasteiger partial charge in [0.2, 0.25) is 0 Å². The van der Waals surface area contributed by atoms with Crippen LogP contribution in [-0.4, -0.2) is 16.8 Å². The molecule has 0 aromatic heterocycles. The molecule has 1 heterocycles. The number of fused-ring (bicyclic) bond motifs is 1. The van der Waals surface area contributed by atoms with Crippen LogP contribution in [0, 0.1) is 6.92 Å². The molecule has 1 aliphatic rings. The van der Waals surface area contributed by atoms with Crippen molar-refractivity contribution in [1.82, 2.24) is 0 Å². The molecule has 104 valence electrons. The summed E-state index contributed by atoms with van der Waals surface area (Å²) < 4.78 is 6.09. The molecule has 1 aromatic rings. The number of aliphatic hydroxyl groups is 1. The fourth-order valence-corrected chi connectivity index (χ4v) is 2.58. The molecule has 0 aliphatic carbocycles. The zero-order chi connectivity index (χ0) is 14.0. The summed E-state index contributed by atoms with van der Waals surface area (Å²) in [6.45, 7) is 8.27. The number of hydrogen-bond donors (Lipinski definition) is 1. The molecule has 0 unspecified atom stereocenters. The van der Waals surface area contributed by atoms with Crippen molar-refractivity contribution in [3.05, 3.63) is 41.0 Å². The molecule has 1 aromatic carbocycles. The van der Waals surface area contributed by atoms with E-state index < -0.39 is 11.7 Å². The molecular weight excluding hydrogens is 236 g/mol. The Kier molecular flexibility index (Phi) is 4.00. The van der Waals surface area contributed by atoms with Crippen LogP contribution in [-0.2, 0) is 6.42 Å². The minimum absolute atomic E-state index is 0.438. The largest absolute Gasteiger partial charge is 0.485 e. The van der Waals surface area contributed by atoms with Gasteiger partial charge < -0.3 is 9.84 Å². The molecule has 0 bridgehead atoms. The summed E-state index contributed by atoms with van der Waals surface area (Å²) in [5.74, 6) is 0.926. The third-order valence-electron chi connectivity index (χ3n) is 3.87. The summed E-state index contributed by atoms with van der Waals surface area (Å²) in [6.07, 6.45) is 4.23. The van der Waals surface area contributed by atoms with Crippen molar-refractivity contribution in [2.45, 2.75) is 58.7 Å². The van der Waals surface area contributed by atoms with Gasteiger partial charge in [-0.05, 0) is 52.2 Å². The van der Waals surface area contributed by atoms with Gasteiger partial charge >= 0.3 is 0 Å². The van der Waals surface area contributed by atoms with E-state index in [1.807, 2.05) is 13.0 Å². The minimum Gasteiger partial charge on any atom is -0.485 e. The fraction of sp³-hybridized carbons (Fsp3) is 0.529. The summed E-state index contributed by atoms with van der Waals surface area (Å²) >= 11 is 0. The number of aryl methyl sites for hydroxylation is 1. The van der Waals surface area contributed by atoms with Crippen molar-refractivity contribution in [3.8, 4) is 5.75 Å². The maximum atomic E-state index is 10.4. The van der Waals surface area contributed by atoms with Gasteiger partial charge in [0.05, 0.1) is 6.10 Å². The molecule has 2 atom stereocenters. The maximum absolute atomic E-state index is 10.4. The van der Waals surface area contributed by atoms with Gasteiger partial charge in [0.25, 0.3) is 0 Å². The third-order valence-corrected chi connectivity index (χ3v) is 3.87. The third kappa shape index (κ3) is 3.19. The van der Waals surface area contributed by atoms with E-state index in [9.17, 15) is 5.11 Å². The number of aliphatic hydroxyl groups excluding tert-OH is 1. The van der Waals surface area contributed by atoms with Gasteiger partial charge in [0.1, 0.15) is 11.4 Å². The Labute approximate surface area is 116 Å². The van der Waals surface area contributed by atoms with Gasteiger partial charge in [0, 0.05) is 6.42 Å². The van der Waals surface area contributed by atoms with E-state index in [-0.39, 0.29) is 0 Å².